The molecule has 0 bridgehead atoms. The Kier molecular flexibility index (Phi) is 7.72. The molecule has 280 valence electrons. The van der Waals surface area contributed by atoms with Crippen molar-refractivity contribution in [2.45, 2.75) is 5.41 Å². The number of aromatic nitrogens is 3. The lowest BCUT2D eigenvalue weighted by molar-refractivity contribution is 0.437. The Hall–Kier alpha value is -7.95. The normalized spacial score (nSPS) is 12.9. The SMILES string of the molecule is c1ccc(-c2cc(-c3ccc4c(c3)Oc3cc(-c5ccc(-c6ccnc7ccccc67)cc5)ccc3C43c4ccccc4-c4ccccc43)nc(-c3ccccc3)n2)cc1. The topological polar surface area (TPSA) is 47.9 Å². The summed E-state index contributed by atoms with van der Waals surface area (Å²) in [6, 6.07) is 72.9. The summed E-state index contributed by atoms with van der Waals surface area (Å²) in [5.74, 6) is 2.33. The van der Waals surface area contributed by atoms with Crippen molar-refractivity contribution in [2.75, 3.05) is 0 Å². The Morgan fingerprint density at radius 1 is 0.350 bits per heavy atom. The molecule has 0 N–H and O–H groups in total. The third-order valence-corrected chi connectivity index (χ3v) is 12.2. The van der Waals surface area contributed by atoms with Crippen molar-refractivity contribution in [3.05, 3.63) is 235 Å². The predicted molar refractivity (Wildman–Crippen MR) is 242 cm³/mol. The molecule has 3 heterocycles. The molecule has 60 heavy (non-hydrogen) atoms. The zero-order valence-electron chi connectivity index (χ0n) is 32.5. The van der Waals surface area contributed by atoms with Crippen molar-refractivity contribution >= 4 is 10.9 Å². The molecule has 12 rings (SSSR count). The predicted octanol–water partition coefficient (Wildman–Crippen LogP) is 13.8. The minimum atomic E-state index is -0.588. The van der Waals surface area contributed by atoms with E-state index in [4.69, 9.17) is 14.7 Å². The Balaban J connectivity index is 1.03. The zero-order valence-corrected chi connectivity index (χ0v) is 32.5. The van der Waals surface area contributed by atoms with E-state index in [-0.39, 0.29) is 0 Å². The number of para-hydroxylation sites is 1. The fourth-order valence-electron chi connectivity index (χ4n) is 9.51. The van der Waals surface area contributed by atoms with Gasteiger partial charge in [-0.05, 0) is 74.8 Å². The molecule has 1 aliphatic heterocycles. The zero-order chi connectivity index (χ0) is 39.6. The van der Waals surface area contributed by atoms with Gasteiger partial charge in [-0.1, -0.05) is 176 Å². The summed E-state index contributed by atoms with van der Waals surface area (Å²) in [6.07, 6.45) is 1.89. The molecule has 0 atom stereocenters. The van der Waals surface area contributed by atoms with E-state index in [0.717, 1.165) is 78.3 Å². The third kappa shape index (κ3) is 5.28. The van der Waals surface area contributed by atoms with E-state index in [0.29, 0.717) is 5.82 Å². The summed E-state index contributed by atoms with van der Waals surface area (Å²) >= 11 is 0. The van der Waals surface area contributed by atoms with Crippen LogP contribution in [-0.4, -0.2) is 15.0 Å². The Labute approximate surface area is 348 Å². The molecule has 0 amide bonds. The maximum Gasteiger partial charge on any atom is 0.160 e. The van der Waals surface area contributed by atoms with Crippen LogP contribution in [0.15, 0.2) is 212 Å². The van der Waals surface area contributed by atoms with Crippen molar-refractivity contribution in [3.63, 3.8) is 0 Å². The first-order chi connectivity index (χ1) is 29.7. The largest absolute Gasteiger partial charge is 0.457 e. The van der Waals surface area contributed by atoms with Gasteiger partial charge in [-0.15, -0.1) is 0 Å². The van der Waals surface area contributed by atoms with E-state index in [1.807, 2.05) is 48.7 Å². The van der Waals surface area contributed by atoms with Gasteiger partial charge in [0.05, 0.1) is 22.3 Å². The Morgan fingerprint density at radius 2 is 0.883 bits per heavy atom. The Bertz CT molecular complexity index is 3180. The smallest absolute Gasteiger partial charge is 0.160 e. The number of ether oxygens (including phenoxy) is 1. The van der Waals surface area contributed by atoms with Gasteiger partial charge in [0, 0.05) is 39.4 Å². The van der Waals surface area contributed by atoms with E-state index in [2.05, 4.69) is 169 Å². The molecule has 2 aromatic heterocycles. The standard InChI is InChI=1S/C56H35N3O/c1-3-13-38(14-4-1)51-35-52(59-55(58-51)39-15-5-2-6-16-39)41-28-30-49-54(34-41)60-53-33-40(36-23-25-37(26-24-36)42-31-32-57-50-22-12-9-19-45(42)50)27-29-48(53)56(49)46-20-10-7-17-43(46)44-18-8-11-21-47(44)56/h1-35H. The monoisotopic (exact) mass is 765 g/mol. The van der Waals surface area contributed by atoms with E-state index >= 15 is 0 Å². The van der Waals surface area contributed by atoms with E-state index in [9.17, 15) is 0 Å². The van der Waals surface area contributed by atoms with Crippen LogP contribution in [0, 0.1) is 0 Å². The van der Waals surface area contributed by atoms with Gasteiger partial charge in [-0.3, -0.25) is 4.98 Å². The number of fused-ring (bicyclic) bond motifs is 10. The van der Waals surface area contributed by atoms with Crippen LogP contribution in [-0.2, 0) is 5.41 Å². The first kappa shape index (κ1) is 34.1. The second-order valence-corrected chi connectivity index (χ2v) is 15.5. The molecule has 0 saturated heterocycles. The summed E-state index contributed by atoms with van der Waals surface area (Å²) in [5.41, 5.74) is 16.8. The fourth-order valence-corrected chi connectivity index (χ4v) is 9.51. The number of pyridine rings is 1. The molecule has 1 aliphatic carbocycles. The van der Waals surface area contributed by atoms with Crippen LogP contribution in [0.3, 0.4) is 0 Å². The highest BCUT2D eigenvalue weighted by Crippen LogP contribution is 2.62. The van der Waals surface area contributed by atoms with Gasteiger partial charge >= 0.3 is 0 Å². The summed E-state index contributed by atoms with van der Waals surface area (Å²) in [5, 5.41) is 1.14. The van der Waals surface area contributed by atoms with Crippen LogP contribution in [0.5, 0.6) is 11.5 Å². The van der Waals surface area contributed by atoms with Gasteiger partial charge in [0.25, 0.3) is 0 Å². The molecule has 0 fully saturated rings. The van der Waals surface area contributed by atoms with E-state index in [1.165, 1.54) is 27.8 Å². The van der Waals surface area contributed by atoms with E-state index < -0.39 is 5.41 Å². The van der Waals surface area contributed by atoms with Crippen molar-refractivity contribution in [1.82, 2.24) is 15.0 Å². The average Bonchev–Trinajstić information content (AvgIpc) is 3.62. The first-order valence-electron chi connectivity index (χ1n) is 20.3. The van der Waals surface area contributed by atoms with Crippen molar-refractivity contribution in [3.8, 4) is 78.8 Å². The molecular formula is C56H35N3O. The molecule has 0 radical (unpaired) electrons. The molecule has 8 aromatic carbocycles. The van der Waals surface area contributed by atoms with Crippen molar-refractivity contribution in [2.24, 2.45) is 0 Å². The van der Waals surface area contributed by atoms with Gasteiger partial charge < -0.3 is 4.74 Å². The molecule has 4 nitrogen and oxygen atoms in total. The van der Waals surface area contributed by atoms with Crippen molar-refractivity contribution < 1.29 is 4.74 Å². The lowest BCUT2D eigenvalue weighted by Crippen LogP contribution is -2.32. The maximum atomic E-state index is 7.14. The molecule has 1 spiro atoms. The number of benzene rings is 8. The van der Waals surface area contributed by atoms with E-state index in [1.54, 1.807) is 0 Å². The lowest BCUT2D eigenvalue weighted by Gasteiger charge is -2.39. The van der Waals surface area contributed by atoms with Crippen LogP contribution >= 0.6 is 0 Å². The molecule has 0 unspecified atom stereocenters. The van der Waals surface area contributed by atoms with Crippen LogP contribution in [0.2, 0.25) is 0 Å². The summed E-state index contributed by atoms with van der Waals surface area (Å²) in [4.78, 5) is 14.8. The molecule has 0 saturated carbocycles. The maximum absolute atomic E-state index is 7.14. The fraction of sp³-hybridized carbons (Fsp3) is 0.0179. The van der Waals surface area contributed by atoms with Gasteiger partial charge in [0.2, 0.25) is 0 Å². The summed E-state index contributed by atoms with van der Waals surface area (Å²) < 4.78 is 7.14. The summed E-state index contributed by atoms with van der Waals surface area (Å²) in [7, 11) is 0. The van der Waals surface area contributed by atoms with Gasteiger partial charge in [-0.2, -0.15) is 0 Å². The minimum Gasteiger partial charge on any atom is -0.457 e. The molecule has 10 aromatic rings. The second-order valence-electron chi connectivity index (χ2n) is 15.5. The van der Waals surface area contributed by atoms with Gasteiger partial charge in [-0.25, -0.2) is 9.97 Å². The summed E-state index contributed by atoms with van der Waals surface area (Å²) in [6.45, 7) is 0. The second kappa shape index (κ2) is 13.6. The average molecular weight is 766 g/mol. The molecule has 4 heteroatoms. The van der Waals surface area contributed by atoms with Crippen molar-refractivity contribution in [1.29, 1.82) is 0 Å². The quantitative estimate of drug-likeness (QED) is 0.175. The van der Waals surface area contributed by atoms with Gasteiger partial charge in [0.1, 0.15) is 11.5 Å². The highest BCUT2D eigenvalue weighted by molar-refractivity contribution is 5.95. The van der Waals surface area contributed by atoms with Crippen LogP contribution in [0.4, 0.5) is 0 Å². The lowest BCUT2D eigenvalue weighted by atomic mass is 9.66. The van der Waals surface area contributed by atoms with Crippen LogP contribution in [0.1, 0.15) is 22.3 Å². The highest BCUT2D eigenvalue weighted by atomic mass is 16.5. The third-order valence-electron chi connectivity index (χ3n) is 12.2. The number of nitrogens with zero attached hydrogens (tertiary/aromatic N) is 3. The minimum absolute atomic E-state index is 0.588. The van der Waals surface area contributed by atoms with Gasteiger partial charge in [0.15, 0.2) is 5.82 Å². The first-order valence-corrected chi connectivity index (χ1v) is 20.3. The number of rotatable bonds is 5. The number of hydrogen-bond acceptors (Lipinski definition) is 4. The molecule has 2 aliphatic rings. The Morgan fingerprint density at radius 3 is 1.58 bits per heavy atom. The molecular weight excluding hydrogens is 731 g/mol. The van der Waals surface area contributed by atoms with Crippen LogP contribution in [0.25, 0.3) is 78.2 Å². The highest BCUT2D eigenvalue weighted by Gasteiger charge is 2.51. The number of hydrogen-bond donors (Lipinski definition) is 0. The van der Waals surface area contributed by atoms with Crippen LogP contribution < -0.4 is 4.74 Å².